The first-order chi connectivity index (χ1) is 11.6. The van der Waals surface area contributed by atoms with Crippen LogP contribution in [-0.4, -0.2) is 32.7 Å². The molecule has 2 N–H and O–H groups in total. The Morgan fingerprint density at radius 2 is 1.62 bits per heavy atom. The first kappa shape index (κ1) is 18.2. The SMILES string of the molecule is COCCNCC(=O)NC(c1cccc(C)c1)c1cccc(C)c1. The number of carbonyl (C=O) groups is 1. The van der Waals surface area contributed by atoms with E-state index in [-0.39, 0.29) is 18.5 Å². The van der Waals surface area contributed by atoms with Gasteiger partial charge >= 0.3 is 0 Å². The van der Waals surface area contributed by atoms with Crippen LogP contribution in [0, 0.1) is 13.8 Å². The molecule has 4 heteroatoms. The van der Waals surface area contributed by atoms with Gasteiger partial charge in [0.15, 0.2) is 0 Å². The second-order valence-electron chi connectivity index (χ2n) is 6.00. The van der Waals surface area contributed by atoms with Gasteiger partial charge in [-0.25, -0.2) is 0 Å². The van der Waals surface area contributed by atoms with E-state index in [0.29, 0.717) is 13.2 Å². The largest absolute Gasteiger partial charge is 0.383 e. The van der Waals surface area contributed by atoms with Gasteiger partial charge in [0.2, 0.25) is 5.91 Å². The predicted molar refractivity (Wildman–Crippen MR) is 97.1 cm³/mol. The van der Waals surface area contributed by atoms with E-state index in [2.05, 4.69) is 60.9 Å². The minimum absolute atomic E-state index is 0.0286. The van der Waals surface area contributed by atoms with Gasteiger partial charge in [-0.15, -0.1) is 0 Å². The van der Waals surface area contributed by atoms with Gasteiger partial charge in [0.25, 0.3) is 0 Å². The van der Waals surface area contributed by atoms with E-state index in [0.717, 1.165) is 11.1 Å². The van der Waals surface area contributed by atoms with Crippen molar-refractivity contribution >= 4 is 5.91 Å². The second kappa shape index (κ2) is 9.21. The summed E-state index contributed by atoms with van der Waals surface area (Å²) in [7, 11) is 1.65. The molecule has 0 heterocycles. The van der Waals surface area contributed by atoms with Crippen molar-refractivity contribution in [2.75, 3.05) is 26.8 Å². The lowest BCUT2D eigenvalue weighted by Crippen LogP contribution is -2.37. The molecule has 0 spiro atoms. The molecule has 128 valence electrons. The fourth-order valence-corrected chi connectivity index (χ4v) is 2.65. The smallest absolute Gasteiger partial charge is 0.234 e. The maximum atomic E-state index is 12.3. The molecule has 4 nitrogen and oxygen atoms in total. The molecule has 2 rings (SSSR count). The van der Waals surface area contributed by atoms with Gasteiger partial charge in [0, 0.05) is 13.7 Å². The summed E-state index contributed by atoms with van der Waals surface area (Å²) in [6.45, 7) is 5.64. The average molecular weight is 326 g/mol. The van der Waals surface area contributed by atoms with Crippen LogP contribution in [0.15, 0.2) is 48.5 Å². The number of benzene rings is 2. The summed E-state index contributed by atoms with van der Waals surface area (Å²) in [5.41, 5.74) is 4.53. The summed E-state index contributed by atoms with van der Waals surface area (Å²) in [6.07, 6.45) is 0. The number of amides is 1. The van der Waals surface area contributed by atoms with Crippen molar-refractivity contribution in [1.29, 1.82) is 0 Å². The van der Waals surface area contributed by atoms with Crippen molar-refractivity contribution in [1.82, 2.24) is 10.6 Å². The van der Waals surface area contributed by atoms with E-state index in [9.17, 15) is 4.79 Å². The summed E-state index contributed by atoms with van der Waals surface area (Å²) in [5, 5.41) is 6.22. The van der Waals surface area contributed by atoms with Crippen LogP contribution in [0.5, 0.6) is 0 Å². The summed E-state index contributed by atoms with van der Waals surface area (Å²) in [5.74, 6) is -0.0286. The Bertz CT molecular complexity index is 625. The summed E-state index contributed by atoms with van der Waals surface area (Å²) in [6, 6.07) is 16.4. The van der Waals surface area contributed by atoms with Gasteiger partial charge < -0.3 is 15.4 Å². The fourth-order valence-electron chi connectivity index (χ4n) is 2.65. The van der Waals surface area contributed by atoms with Crippen molar-refractivity contribution in [2.45, 2.75) is 19.9 Å². The zero-order chi connectivity index (χ0) is 17.4. The van der Waals surface area contributed by atoms with Crippen LogP contribution in [0.2, 0.25) is 0 Å². The second-order valence-corrected chi connectivity index (χ2v) is 6.00. The summed E-state index contributed by atoms with van der Waals surface area (Å²) in [4.78, 5) is 12.3. The summed E-state index contributed by atoms with van der Waals surface area (Å²) < 4.78 is 4.98. The van der Waals surface area contributed by atoms with Crippen molar-refractivity contribution in [3.8, 4) is 0 Å². The normalized spacial score (nSPS) is 10.8. The number of hydrogen-bond donors (Lipinski definition) is 2. The Morgan fingerprint density at radius 1 is 1.04 bits per heavy atom. The molecule has 2 aromatic rings. The molecule has 0 aliphatic rings. The van der Waals surface area contributed by atoms with E-state index < -0.39 is 0 Å². The third kappa shape index (κ3) is 5.48. The van der Waals surface area contributed by atoms with Crippen molar-refractivity contribution < 1.29 is 9.53 Å². The molecule has 0 saturated heterocycles. The first-order valence-electron chi connectivity index (χ1n) is 8.22. The number of nitrogens with one attached hydrogen (secondary N) is 2. The lowest BCUT2D eigenvalue weighted by atomic mass is 9.96. The van der Waals surface area contributed by atoms with Crippen LogP contribution >= 0.6 is 0 Å². The monoisotopic (exact) mass is 326 g/mol. The van der Waals surface area contributed by atoms with E-state index in [4.69, 9.17) is 4.74 Å². The fraction of sp³-hybridized carbons (Fsp3) is 0.350. The van der Waals surface area contributed by atoms with Crippen LogP contribution in [-0.2, 0) is 9.53 Å². The number of ether oxygens (including phenoxy) is 1. The third-order valence-corrected chi connectivity index (χ3v) is 3.82. The lowest BCUT2D eigenvalue weighted by Gasteiger charge is -2.21. The van der Waals surface area contributed by atoms with Crippen molar-refractivity contribution in [2.24, 2.45) is 0 Å². The number of rotatable bonds is 8. The minimum atomic E-state index is -0.151. The maximum Gasteiger partial charge on any atom is 0.234 e. The summed E-state index contributed by atoms with van der Waals surface area (Å²) >= 11 is 0. The van der Waals surface area contributed by atoms with Gasteiger partial charge in [-0.1, -0.05) is 59.7 Å². The van der Waals surface area contributed by atoms with Crippen LogP contribution in [0.25, 0.3) is 0 Å². The Morgan fingerprint density at radius 3 is 2.12 bits per heavy atom. The zero-order valence-electron chi connectivity index (χ0n) is 14.6. The molecule has 0 aliphatic heterocycles. The molecule has 0 atom stereocenters. The van der Waals surface area contributed by atoms with Crippen LogP contribution < -0.4 is 10.6 Å². The standard InChI is InChI=1S/C20H26N2O2/c1-15-6-4-8-17(12-15)20(18-9-5-7-16(2)13-18)22-19(23)14-21-10-11-24-3/h4-9,12-13,20-21H,10-11,14H2,1-3H3,(H,22,23). The highest BCUT2D eigenvalue weighted by molar-refractivity contribution is 5.79. The maximum absolute atomic E-state index is 12.3. The third-order valence-electron chi connectivity index (χ3n) is 3.82. The molecule has 24 heavy (non-hydrogen) atoms. The van der Waals surface area contributed by atoms with Gasteiger partial charge in [-0.05, 0) is 25.0 Å². The quantitative estimate of drug-likeness (QED) is 0.734. The van der Waals surface area contributed by atoms with Crippen molar-refractivity contribution in [3.63, 3.8) is 0 Å². The molecule has 2 aromatic carbocycles. The average Bonchev–Trinajstić information content (AvgIpc) is 2.56. The van der Waals surface area contributed by atoms with Gasteiger partial charge in [-0.2, -0.15) is 0 Å². The number of methoxy groups -OCH3 is 1. The highest BCUT2D eigenvalue weighted by atomic mass is 16.5. The molecule has 0 unspecified atom stereocenters. The molecular weight excluding hydrogens is 300 g/mol. The predicted octanol–water partition coefficient (Wildman–Crippen LogP) is 2.75. The van der Waals surface area contributed by atoms with Crippen molar-refractivity contribution in [3.05, 3.63) is 70.8 Å². The Hall–Kier alpha value is -2.17. The van der Waals surface area contributed by atoms with Gasteiger partial charge in [-0.3, -0.25) is 4.79 Å². The van der Waals surface area contributed by atoms with E-state index in [1.165, 1.54) is 11.1 Å². The molecule has 1 amide bonds. The minimum Gasteiger partial charge on any atom is -0.383 e. The Balaban J connectivity index is 2.16. The van der Waals surface area contributed by atoms with Crippen LogP contribution in [0.4, 0.5) is 0 Å². The van der Waals surface area contributed by atoms with E-state index >= 15 is 0 Å². The highest BCUT2D eigenvalue weighted by Crippen LogP contribution is 2.23. The molecular formula is C20H26N2O2. The highest BCUT2D eigenvalue weighted by Gasteiger charge is 2.17. The van der Waals surface area contributed by atoms with Crippen LogP contribution in [0.1, 0.15) is 28.3 Å². The molecule has 0 fully saturated rings. The Labute approximate surface area is 144 Å². The van der Waals surface area contributed by atoms with Gasteiger partial charge in [0.05, 0.1) is 19.2 Å². The number of carbonyl (C=O) groups excluding carboxylic acids is 1. The van der Waals surface area contributed by atoms with Crippen LogP contribution in [0.3, 0.4) is 0 Å². The van der Waals surface area contributed by atoms with Gasteiger partial charge in [0.1, 0.15) is 0 Å². The molecule has 0 aromatic heterocycles. The molecule has 0 aliphatic carbocycles. The lowest BCUT2D eigenvalue weighted by molar-refractivity contribution is -0.120. The van der Waals surface area contributed by atoms with E-state index in [1.54, 1.807) is 7.11 Å². The van der Waals surface area contributed by atoms with E-state index in [1.807, 2.05) is 12.1 Å². The Kier molecular flexibility index (Phi) is 6.97. The molecule has 0 radical (unpaired) electrons. The number of aryl methyl sites for hydroxylation is 2. The number of hydrogen-bond acceptors (Lipinski definition) is 3. The molecule has 0 bridgehead atoms. The zero-order valence-corrected chi connectivity index (χ0v) is 14.6. The molecule has 0 saturated carbocycles. The first-order valence-corrected chi connectivity index (χ1v) is 8.22. The topological polar surface area (TPSA) is 50.4 Å².